The molecular weight excluding hydrogens is 266 g/mol. The molecule has 6 heteroatoms. The van der Waals surface area contributed by atoms with E-state index in [0.717, 1.165) is 29.8 Å². The summed E-state index contributed by atoms with van der Waals surface area (Å²) in [6.07, 6.45) is 4.03. The van der Waals surface area contributed by atoms with Gasteiger partial charge in [-0.1, -0.05) is 29.8 Å². The van der Waals surface area contributed by atoms with E-state index in [9.17, 15) is 4.79 Å². The van der Waals surface area contributed by atoms with E-state index in [2.05, 4.69) is 15.5 Å². The monoisotopic (exact) mass is 285 g/mol. The van der Waals surface area contributed by atoms with Gasteiger partial charge in [0.05, 0.1) is 6.54 Å². The van der Waals surface area contributed by atoms with Gasteiger partial charge >= 0.3 is 0 Å². The number of hydrogen-bond donors (Lipinski definition) is 2. The van der Waals surface area contributed by atoms with Crippen LogP contribution in [0.2, 0.25) is 0 Å². The van der Waals surface area contributed by atoms with Crippen LogP contribution in [0.5, 0.6) is 0 Å². The highest BCUT2D eigenvalue weighted by atomic mass is 16.2. The largest absolute Gasteiger partial charge is 0.347 e. The van der Waals surface area contributed by atoms with Crippen molar-refractivity contribution >= 4 is 5.91 Å². The molecule has 3 rings (SSSR count). The van der Waals surface area contributed by atoms with Crippen LogP contribution in [-0.2, 0) is 11.3 Å². The van der Waals surface area contributed by atoms with Gasteiger partial charge in [-0.25, -0.2) is 0 Å². The number of aromatic nitrogens is 3. The van der Waals surface area contributed by atoms with Gasteiger partial charge < -0.3 is 15.6 Å². The first kappa shape index (κ1) is 13.8. The normalized spacial score (nSPS) is 15.7. The summed E-state index contributed by atoms with van der Waals surface area (Å²) in [4.78, 5) is 12.1. The summed E-state index contributed by atoms with van der Waals surface area (Å²) in [6.45, 7) is 2.36. The van der Waals surface area contributed by atoms with Crippen LogP contribution in [0.25, 0.3) is 0 Å². The fourth-order valence-corrected chi connectivity index (χ4v) is 2.25. The van der Waals surface area contributed by atoms with Gasteiger partial charge in [0.2, 0.25) is 5.91 Å². The quantitative estimate of drug-likeness (QED) is 0.865. The van der Waals surface area contributed by atoms with Crippen molar-refractivity contribution in [1.82, 2.24) is 20.1 Å². The van der Waals surface area contributed by atoms with Crippen molar-refractivity contribution in [3.8, 4) is 0 Å². The van der Waals surface area contributed by atoms with E-state index >= 15 is 0 Å². The van der Waals surface area contributed by atoms with Gasteiger partial charge in [-0.2, -0.15) is 0 Å². The highest BCUT2D eigenvalue weighted by Gasteiger charge is 2.26. The van der Waals surface area contributed by atoms with E-state index in [0.29, 0.717) is 12.6 Å². The third-order valence-corrected chi connectivity index (χ3v) is 3.73. The summed E-state index contributed by atoms with van der Waals surface area (Å²) < 4.78 is 2.03. The molecule has 1 atom stereocenters. The molecule has 21 heavy (non-hydrogen) atoms. The van der Waals surface area contributed by atoms with Gasteiger partial charge in [0.25, 0.3) is 0 Å². The van der Waals surface area contributed by atoms with Gasteiger partial charge in [-0.05, 0) is 25.3 Å². The second-order valence-corrected chi connectivity index (χ2v) is 5.49. The Morgan fingerprint density at radius 3 is 2.81 bits per heavy atom. The first-order valence-corrected chi connectivity index (χ1v) is 7.13. The zero-order valence-electron chi connectivity index (χ0n) is 12.0. The van der Waals surface area contributed by atoms with Crippen LogP contribution in [0, 0.1) is 6.92 Å². The minimum atomic E-state index is -0.664. The Hall–Kier alpha value is -2.21. The van der Waals surface area contributed by atoms with Gasteiger partial charge in [-0.15, -0.1) is 10.2 Å². The molecule has 1 aromatic carbocycles. The second-order valence-electron chi connectivity index (χ2n) is 5.49. The Labute approximate surface area is 123 Å². The van der Waals surface area contributed by atoms with E-state index in [1.807, 2.05) is 35.8 Å². The zero-order valence-corrected chi connectivity index (χ0v) is 12.0. The maximum Gasteiger partial charge on any atom is 0.241 e. The maximum absolute atomic E-state index is 12.1. The molecule has 1 unspecified atom stereocenters. The van der Waals surface area contributed by atoms with Crippen LogP contribution < -0.4 is 11.1 Å². The topological polar surface area (TPSA) is 85.8 Å². The number of carbonyl (C=O) groups excluding carboxylic acids is 1. The van der Waals surface area contributed by atoms with Crippen molar-refractivity contribution in [1.29, 1.82) is 0 Å². The van der Waals surface area contributed by atoms with Crippen molar-refractivity contribution in [2.24, 2.45) is 5.73 Å². The van der Waals surface area contributed by atoms with Crippen LogP contribution >= 0.6 is 0 Å². The molecular formula is C15H19N5O. The number of hydrogen-bond acceptors (Lipinski definition) is 4. The molecule has 1 amide bonds. The zero-order chi connectivity index (χ0) is 14.8. The molecule has 110 valence electrons. The smallest absolute Gasteiger partial charge is 0.241 e. The Morgan fingerprint density at radius 1 is 1.43 bits per heavy atom. The summed E-state index contributed by atoms with van der Waals surface area (Å²) in [7, 11) is 0. The Kier molecular flexibility index (Phi) is 3.70. The molecule has 1 aliphatic carbocycles. The van der Waals surface area contributed by atoms with Crippen LogP contribution in [0.15, 0.2) is 30.6 Å². The summed E-state index contributed by atoms with van der Waals surface area (Å²) in [5.41, 5.74) is 7.93. The molecule has 3 N–H and O–H groups in total. The number of rotatable bonds is 5. The van der Waals surface area contributed by atoms with Crippen molar-refractivity contribution < 1.29 is 4.79 Å². The third kappa shape index (κ3) is 3.11. The lowest BCUT2D eigenvalue weighted by molar-refractivity contribution is -0.122. The van der Waals surface area contributed by atoms with Crippen molar-refractivity contribution in [2.75, 3.05) is 0 Å². The standard InChI is InChI=1S/C15H19N5O/c1-10-2-4-11(5-3-10)14(16)15(21)17-8-13-19-18-9-20(13)12-6-7-12/h2-5,9,12,14H,6-8,16H2,1H3,(H,17,21). The van der Waals surface area contributed by atoms with Crippen molar-refractivity contribution in [3.63, 3.8) is 0 Å². The Bertz CT molecular complexity index is 630. The summed E-state index contributed by atoms with van der Waals surface area (Å²) >= 11 is 0. The SMILES string of the molecule is Cc1ccc(C(N)C(=O)NCc2nncn2C2CC2)cc1. The molecule has 0 spiro atoms. The average molecular weight is 285 g/mol. The molecule has 1 heterocycles. The predicted octanol–water partition coefficient (Wildman–Crippen LogP) is 1.24. The molecule has 1 aromatic heterocycles. The van der Waals surface area contributed by atoms with Gasteiger partial charge in [0.15, 0.2) is 5.82 Å². The molecule has 2 aromatic rings. The van der Waals surface area contributed by atoms with E-state index in [1.165, 1.54) is 0 Å². The second kappa shape index (κ2) is 5.65. The van der Waals surface area contributed by atoms with E-state index < -0.39 is 6.04 Å². The molecule has 0 radical (unpaired) electrons. The van der Waals surface area contributed by atoms with Crippen LogP contribution in [-0.4, -0.2) is 20.7 Å². The predicted molar refractivity (Wildman–Crippen MR) is 78.2 cm³/mol. The first-order chi connectivity index (χ1) is 10.1. The van der Waals surface area contributed by atoms with Crippen molar-refractivity contribution in [3.05, 3.63) is 47.5 Å². The minimum absolute atomic E-state index is 0.204. The number of aryl methyl sites for hydroxylation is 1. The molecule has 0 bridgehead atoms. The number of nitrogens with two attached hydrogens (primary N) is 1. The first-order valence-electron chi connectivity index (χ1n) is 7.13. The van der Waals surface area contributed by atoms with E-state index in [-0.39, 0.29) is 5.91 Å². The fourth-order valence-electron chi connectivity index (χ4n) is 2.25. The van der Waals surface area contributed by atoms with Gasteiger partial charge in [0.1, 0.15) is 12.4 Å². The average Bonchev–Trinajstić information content (AvgIpc) is 3.23. The van der Waals surface area contributed by atoms with Crippen molar-refractivity contribution in [2.45, 2.75) is 38.4 Å². The molecule has 0 saturated heterocycles. The molecule has 6 nitrogen and oxygen atoms in total. The number of nitrogens with zero attached hydrogens (tertiary/aromatic N) is 3. The highest BCUT2D eigenvalue weighted by Crippen LogP contribution is 2.35. The van der Waals surface area contributed by atoms with E-state index in [4.69, 9.17) is 5.73 Å². The summed E-state index contributed by atoms with van der Waals surface area (Å²) in [6, 6.07) is 7.50. The Balaban J connectivity index is 1.60. The number of benzene rings is 1. The molecule has 1 aliphatic rings. The third-order valence-electron chi connectivity index (χ3n) is 3.73. The number of nitrogens with one attached hydrogen (secondary N) is 1. The van der Waals surface area contributed by atoms with Crippen LogP contribution in [0.3, 0.4) is 0 Å². The highest BCUT2D eigenvalue weighted by molar-refractivity contribution is 5.82. The van der Waals surface area contributed by atoms with Crippen LogP contribution in [0.4, 0.5) is 0 Å². The molecule has 0 aliphatic heterocycles. The lowest BCUT2D eigenvalue weighted by atomic mass is 10.1. The van der Waals surface area contributed by atoms with E-state index in [1.54, 1.807) is 6.33 Å². The Morgan fingerprint density at radius 2 is 2.14 bits per heavy atom. The minimum Gasteiger partial charge on any atom is -0.347 e. The van der Waals surface area contributed by atoms with Crippen LogP contribution in [0.1, 0.15) is 41.9 Å². The number of amides is 1. The summed E-state index contributed by atoms with van der Waals surface area (Å²) in [5.74, 6) is 0.575. The lowest BCUT2D eigenvalue weighted by Gasteiger charge is -2.13. The fraction of sp³-hybridized carbons (Fsp3) is 0.400. The molecule has 1 fully saturated rings. The maximum atomic E-state index is 12.1. The number of carbonyl (C=O) groups is 1. The summed E-state index contributed by atoms with van der Waals surface area (Å²) in [5, 5.41) is 10.8. The van der Waals surface area contributed by atoms with Gasteiger partial charge in [-0.3, -0.25) is 4.79 Å². The molecule has 1 saturated carbocycles. The lowest BCUT2D eigenvalue weighted by Crippen LogP contribution is -2.34. The van der Waals surface area contributed by atoms with Gasteiger partial charge in [0, 0.05) is 6.04 Å².